The molecule has 0 aliphatic carbocycles. The van der Waals surface area contributed by atoms with Crippen LogP contribution >= 0.6 is 22.9 Å². The molecule has 0 saturated carbocycles. The maximum atomic E-state index is 12.5. The van der Waals surface area contributed by atoms with Crippen LogP contribution in [0.1, 0.15) is 12.3 Å². The Balaban J connectivity index is 1.29. The van der Waals surface area contributed by atoms with Gasteiger partial charge in [-0.2, -0.15) is 0 Å². The summed E-state index contributed by atoms with van der Waals surface area (Å²) in [6.07, 6.45) is 4.34. The molecule has 0 radical (unpaired) electrons. The van der Waals surface area contributed by atoms with E-state index in [4.69, 9.17) is 16.0 Å². The molecule has 1 fully saturated rings. The van der Waals surface area contributed by atoms with Gasteiger partial charge >= 0.3 is 0 Å². The van der Waals surface area contributed by atoms with E-state index in [0.29, 0.717) is 29.5 Å². The summed E-state index contributed by atoms with van der Waals surface area (Å²) in [5.74, 6) is 1.31. The molecule has 3 aromatic rings. The molecule has 0 bridgehead atoms. The normalized spacial score (nSPS) is 14.6. The SMILES string of the molecule is O=C(CCc1ncc(-c2ccccc2Cl)o1)N1CCN(c2nccs2)CC1. The summed E-state index contributed by atoms with van der Waals surface area (Å²) in [5.41, 5.74) is 0.808. The molecule has 1 aliphatic rings. The molecule has 140 valence electrons. The van der Waals surface area contributed by atoms with E-state index in [0.717, 1.165) is 36.9 Å². The largest absolute Gasteiger partial charge is 0.441 e. The van der Waals surface area contributed by atoms with Crippen molar-refractivity contribution < 1.29 is 9.21 Å². The third-order valence-corrected chi connectivity index (χ3v) is 5.73. The second kappa shape index (κ2) is 8.10. The first-order valence-corrected chi connectivity index (χ1v) is 10.1. The number of aryl methyl sites for hydroxylation is 1. The first kappa shape index (κ1) is 18.0. The smallest absolute Gasteiger partial charge is 0.223 e. The summed E-state index contributed by atoms with van der Waals surface area (Å²) < 4.78 is 5.77. The van der Waals surface area contributed by atoms with Gasteiger partial charge in [0.1, 0.15) is 0 Å². The molecule has 0 spiro atoms. The monoisotopic (exact) mass is 402 g/mol. The topological polar surface area (TPSA) is 62.5 Å². The van der Waals surface area contributed by atoms with Crippen LogP contribution in [0.15, 0.2) is 46.5 Å². The van der Waals surface area contributed by atoms with Crippen LogP contribution in [0.2, 0.25) is 5.02 Å². The third kappa shape index (κ3) is 4.14. The van der Waals surface area contributed by atoms with Crippen molar-refractivity contribution >= 4 is 34.0 Å². The zero-order valence-corrected chi connectivity index (χ0v) is 16.2. The van der Waals surface area contributed by atoms with Crippen LogP contribution in [-0.2, 0) is 11.2 Å². The minimum absolute atomic E-state index is 0.131. The lowest BCUT2D eigenvalue weighted by molar-refractivity contribution is -0.131. The fourth-order valence-corrected chi connectivity index (χ4v) is 4.03. The van der Waals surface area contributed by atoms with E-state index < -0.39 is 0 Å². The van der Waals surface area contributed by atoms with Crippen molar-refractivity contribution in [2.45, 2.75) is 12.8 Å². The van der Waals surface area contributed by atoms with Crippen LogP contribution in [0, 0.1) is 0 Å². The van der Waals surface area contributed by atoms with Crippen LogP contribution in [0.4, 0.5) is 5.13 Å². The Hall–Kier alpha value is -2.38. The number of aromatic nitrogens is 2. The highest BCUT2D eigenvalue weighted by Gasteiger charge is 2.22. The molecule has 27 heavy (non-hydrogen) atoms. The van der Waals surface area contributed by atoms with Crippen LogP contribution in [0.3, 0.4) is 0 Å². The highest BCUT2D eigenvalue weighted by atomic mass is 35.5. The molecule has 4 rings (SSSR count). The molecule has 0 N–H and O–H groups in total. The Labute approximate surface area is 166 Å². The molecule has 0 unspecified atom stereocenters. The summed E-state index contributed by atoms with van der Waals surface area (Å²) in [6, 6.07) is 7.47. The average molecular weight is 403 g/mol. The van der Waals surface area contributed by atoms with Crippen molar-refractivity contribution in [1.82, 2.24) is 14.9 Å². The van der Waals surface area contributed by atoms with Gasteiger partial charge in [0.25, 0.3) is 0 Å². The highest BCUT2D eigenvalue weighted by molar-refractivity contribution is 7.13. The fourth-order valence-electron chi connectivity index (χ4n) is 3.10. The summed E-state index contributed by atoms with van der Waals surface area (Å²) >= 11 is 7.82. The number of benzene rings is 1. The first-order valence-electron chi connectivity index (χ1n) is 8.82. The summed E-state index contributed by atoms with van der Waals surface area (Å²) in [4.78, 5) is 25.2. The van der Waals surface area contributed by atoms with Gasteiger partial charge in [-0.05, 0) is 12.1 Å². The van der Waals surface area contributed by atoms with Gasteiger partial charge in [-0.3, -0.25) is 4.79 Å². The predicted molar refractivity (Wildman–Crippen MR) is 106 cm³/mol. The van der Waals surface area contributed by atoms with Gasteiger partial charge in [0.15, 0.2) is 16.8 Å². The van der Waals surface area contributed by atoms with Crippen LogP contribution in [0.5, 0.6) is 0 Å². The summed E-state index contributed by atoms with van der Waals surface area (Å²) in [5, 5.41) is 3.61. The number of hydrogen-bond acceptors (Lipinski definition) is 6. The van der Waals surface area contributed by atoms with Gasteiger partial charge in [-0.15, -0.1) is 11.3 Å². The minimum Gasteiger partial charge on any atom is -0.441 e. The standard InChI is InChI=1S/C19H19ClN4O2S/c20-15-4-2-1-3-14(15)16-13-22-17(26-16)5-6-18(25)23-8-10-24(11-9-23)19-21-7-12-27-19/h1-4,7,12-13H,5-6,8-11H2. The predicted octanol–water partition coefficient (Wildman–Crippen LogP) is 3.73. The zero-order valence-electron chi connectivity index (χ0n) is 14.7. The molecule has 6 nitrogen and oxygen atoms in total. The minimum atomic E-state index is 0.131. The molecule has 3 heterocycles. The van der Waals surface area contributed by atoms with E-state index in [1.807, 2.05) is 40.7 Å². The van der Waals surface area contributed by atoms with E-state index in [1.54, 1.807) is 17.5 Å². The van der Waals surface area contributed by atoms with Gasteiger partial charge in [0.2, 0.25) is 5.91 Å². The number of hydrogen-bond donors (Lipinski definition) is 0. The lowest BCUT2D eigenvalue weighted by Crippen LogP contribution is -2.48. The number of carbonyl (C=O) groups is 1. The van der Waals surface area contributed by atoms with Crippen molar-refractivity contribution in [1.29, 1.82) is 0 Å². The second-order valence-electron chi connectivity index (χ2n) is 6.28. The molecule has 8 heteroatoms. The summed E-state index contributed by atoms with van der Waals surface area (Å²) in [7, 11) is 0. The van der Waals surface area contributed by atoms with E-state index in [1.165, 1.54) is 0 Å². The van der Waals surface area contributed by atoms with Crippen molar-refractivity contribution in [2.24, 2.45) is 0 Å². The van der Waals surface area contributed by atoms with Gasteiger partial charge in [0.05, 0.1) is 11.2 Å². The van der Waals surface area contributed by atoms with Crippen molar-refractivity contribution in [3.05, 3.63) is 53.0 Å². The van der Waals surface area contributed by atoms with Gasteiger partial charge < -0.3 is 14.2 Å². The Morgan fingerprint density at radius 2 is 2.00 bits per heavy atom. The number of thiazole rings is 1. The number of rotatable bonds is 5. The van der Waals surface area contributed by atoms with Crippen LogP contribution in [-0.4, -0.2) is 47.0 Å². The Morgan fingerprint density at radius 3 is 2.74 bits per heavy atom. The number of amides is 1. The lowest BCUT2D eigenvalue weighted by atomic mass is 10.2. The second-order valence-corrected chi connectivity index (χ2v) is 7.56. The van der Waals surface area contributed by atoms with Gasteiger partial charge in [-0.1, -0.05) is 23.7 Å². The number of carbonyl (C=O) groups excluding carboxylic acids is 1. The number of piperazine rings is 1. The van der Waals surface area contributed by atoms with E-state index in [-0.39, 0.29) is 5.91 Å². The number of nitrogens with zero attached hydrogens (tertiary/aromatic N) is 4. The maximum absolute atomic E-state index is 12.5. The van der Waals surface area contributed by atoms with E-state index in [9.17, 15) is 4.79 Å². The van der Waals surface area contributed by atoms with Crippen molar-refractivity contribution in [2.75, 3.05) is 31.1 Å². The average Bonchev–Trinajstić information content (AvgIpc) is 3.39. The summed E-state index contributed by atoms with van der Waals surface area (Å²) in [6.45, 7) is 3.06. The molecule has 1 saturated heterocycles. The molecule has 0 atom stereocenters. The molecule has 1 aliphatic heterocycles. The van der Waals surface area contributed by atoms with Crippen LogP contribution in [0.25, 0.3) is 11.3 Å². The Bertz CT molecular complexity index is 904. The number of halogens is 1. The molecular formula is C19H19ClN4O2S. The Kier molecular flexibility index (Phi) is 5.40. The van der Waals surface area contributed by atoms with Gasteiger partial charge in [-0.25, -0.2) is 9.97 Å². The molecule has 1 aromatic carbocycles. The number of anilines is 1. The molecular weight excluding hydrogens is 384 g/mol. The van der Waals surface area contributed by atoms with Gasteiger partial charge in [0, 0.05) is 56.2 Å². The lowest BCUT2D eigenvalue weighted by Gasteiger charge is -2.34. The third-order valence-electron chi connectivity index (χ3n) is 4.57. The quantitative estimate of drug-likeness (QED) is 0.650. The fraction of sp³-hybridized carbons (Fsp3) is 0.316. The van der Waals surface area contributed by atoms with Crippen LogP contribution < -0.4 is 4.90 Å². The molecule has 1 amide bonds. The first-order chi connectivity index (χ1) is 13.2. The van der Waals surface area contributed by atoms with Crippen molar-refractivity contribution in [3.63, 3.8) is 0 Å². The highest BCUT2D eigenvalue weighted by Crippen LogP contribution is 2.28. The number of oxazole rings is 1. The Morgan fingerprint density at radius 1 is 1.19 bits per heavy atom. The van der Waals surface area contributed by atoms with Crippen molar-refractivity contribution in [3.8, 4) is 11.3 Å². The van der Waals surface area contributed by atoms with E-state index >= 15 is 0 Å². The maximum Gasteiger partial charge on any atom is 0.223 e. The zero-order chi connectivity index (χ0) is 18.6. The molecule has 2 aromatic heterocycles. The van der Waals surface area contributed by atoms with E-state index in [2.05, 4.69) is 14.9 Å².